The summed E-state index contributed by atoms with van der Waals surface area (Å²) in [6.07, 6.45) is 0. The molecule has 3 aromatic rings. The molecule has 140 valence electrons. The van der Waals surface area contributed by atoms with Gasteiger partial charge in [0.1, 0.15) is 5.75 Å². The average molecular weight is 421 g/mol. The first-order valence-electron chi connectivity index (χ1n) is 7.93. The summed E-state index contributed by atoms with van der Waals surface area (Å²) in [5, 5.41) is 11.4. The van der Waals surface area contributed by atoms with Crippen molar-refractivity contribution in [2.75, 3.05) is 18.2 Å². The van der Waals surface area contributed by atoms with Crippen LogP contribution in [0.1, 0.15) is 21.5 Å². The van der Waals surface area contributed by atoms with Gasteiger partial charge in [0.05, 0.1) is 23.4 Å². The number of carbonyl (C=O) groups excluding carboxylic acids is 1. The van der Waals surface area contributed by atoms with Gasteiger partial charge in [0.2, 0.25) is 5.13 Å². The molecule has 0 aliphatic carbocycles. The minimum absolute atomic E-state index is 0.153. The highest BCUT2D eigenvalue weighted by molar-refractivity contribution is 8.00. The molecule has 0 unspecified atom stereocenters. The Morgan fingerprint density at radius 1 is 1.26 bits per heavy atom. The third-order valence-corrected chi connectivity index (χ3v) is 6.07. The third kappa shape index (κ3) is 4.71. The van der Waals surface area contributed by atoms with E-state index in [-0.39, 0.29) is 16.3 Å². The summed E-state index contributed by atoms with van der Waals surface area (Å²) in [6.45, 7) is 2.05. The van der Waals surface area contributed by atoms with Crippen LogP contribution in [0.3, 0.4) is 0 Å². The van der Waals surface area contributed by atoms with Crippen molar-refractivity contribution in [3.8, 4) is 5.75 Å². The molecule has 0 saturated carbocycles. The van der Waals surface area contributed by atoms with E-state index >= 15 is 0 Å². The van der Waals surface area contributed by atoms with E-state index in [4.69, 9.17) is 22.1 Å². The van der Waals surface area contributed by atoms with Gasteiger partial charge in [0, 0.05) is 5.75 Å². The second kappa shape index (κ2) is 8.60. The Labute approximate surface area is 170 Å². The SMILES string of the molecule is COc1ccc(Cl)c(C(=O)Nc2nnc(SCc3ccc(C)cc3)s2)c1N. The number of rotatable bonds is 6. The largest absolute Gasteiger partial charge is 0.495 e. The molecule has 0 radical (unpaired) electrons. The zero-order valence-corrected chi connectivity index (χ0v) is 17.0. The number of amides is 1. The number of nitrogens with one attached hydrogen (secondary N) is 1. The van der Waals surface area contributed by atoms with Crippen molar-refractivity contribution in [3.05, 3.63) is 58.1 Å². The van der Waals surface area contributed by atoms with Gasteiger partial charge in [-0.05, 0) is 24.6 Å². The molecular weight excluding hydrogens is 404 g/mol. The van der Waals surface area contributed by atoms with Crippen LogP contribution in [0.5, 0.6) is 5.75 Å². The van der Waals surface area contributed by atoms with Gasteiger partial charge < -0.3 is 10.5 Å². The maximum absolute atomic E-state index is 12.5. The molecule has 6 nitrogen and oxygen atoms in total. The lowest BCUT2D eigenvalue weighted by Crippen LogP contribution is -2.15. The molecule has 0 saturated heterocycles. The lowest BCUT2D eigenvalue weighted by atomic mass is 10.1. The number of hydrogen-bond donors (Lipinski definition) is 2. The smallest absolute Gasteiger partial charge is 0.261 e. The van der Waals surface area contributed by atoms with E-state index in [0.29, 0.717) is 10.9 Å². The molecule has 3 N–H and O–H groups in total. The second-order valence-electron chi connectivity index (χ2n) is 5.64. The fraction of sp³-hybridized carbons (Fsp3) is 0.167. The number of methoxy groups -OCH3 is 1. The van der Waals surface area contributed by atoms with Gasteiger partial charge in [0.25, 0.3) is 5.91 Å². The van der Waals surface area contributed by atoms with Gasteiger partial charge >= 0.3 is 0 Å². The Balaban J connectivity index is 1.67. The molecule has 9 heteroatoms. The predicted octanol–water partition coefficient (Wildman–Crippen LogP) is 4.64. The number of nitrogens with two attached hydrogens (primary N) is 1. The summed E-state index contributed by atoms with van der Waals surface area (Å²) in [5.74, 6) is 0.705. The molecule has 1 aromatic heterocycles. The minimum Gasteiger partial charge on any atom is -0.495 e. The van der Waals surface area contributed by atoms with Gasteiger partial charge in [-0.2, -0.15) is 0 Å². The van der Waals surface area contributed by atoms with Crippen molar-refractivity contribution in [3.63, 3.8) is 0 Å². The van der Waals surface area contributed by atoms with Crippen molar-refractivity contribution < 1.29 is 9.53 Å². The van der Waals surface area contributed by atoms with E-state index in [1.165, 1.54) is 29.6 Å². The number of carbonyl (C=O) groups is 1. The molecule has 0 atom stereocenters. The number of aryl methyl sites for hydroxylation is 1. The average Bonchev–Trinajstić information content (AvgIpc) is 3.09. The second-order valence-corrected chi connectivity index (χ2v) is 8.25. The Kier molecular flexibility index (Phi) is 6.20. The van der Waals surface area contributed by atoms with Gasteiger partial charge in [-0.1, -0.05) is 64.5 Å². The fourth-order valence-electron chi connectivity index (χ4n) is 2.29. The zero-order chi connectivity index (χ0) is 19.4. The first-order chi connectivity index (χ1) is 13.0. The summed E-state index contributed by atoms with van der Waals surface area (Å²) >= 11 is 8.97. The molecule has 0 aliphatic rings. The van der Waals surface area contributed by atoms with Crippen molar-refractivity contribution in [1.82, 2.24) is 10.2 Å². The normalized spacial score (nSPS) is 10.6. The molecule has 2 aromatic carbocycles. The van der Waals surface area contributed by atoms with E-state index in [1.54, 1.807) is 23.9 Å². The molecular formula is C18H17ClN4O2S2. The summed E-state index contributed by atoms with van der Waals surface area (Å²) in [6, 6.07) is 11.5. The van der Waals surface area contributed by atoms with Crippen molar-refractivity contribution in [1.29, 1.82) is 0 Å². The molecule has 1 heterocycles. The lowest BCUT2D eigenvalue weighted by Gasteiger charge is -2.10. The number of thioether (sulfide) groups is 1. The molecule has 0 bridgehead atoms. The first kappa shape index (κ1) is 19.5. The van der Waals surface area contributed by atoms with Crippen LogP contribution in [0.25, 0.3) is 0 Å². The van der Waals surface area contributed by atoms with Gasteiger partial charge in [-0.3, -0.25) is 10.1 Å². The maximum Gasteiger partial charge on any atom is 0.261 e. The highest BCUT2D eigenvalue weighted by atomic mass is 35.5. The zero-order valence-electron chi connectivity index (χ0n) is 14.7. The van der Waals surface area contributed by atoms with Crippen LogP contribution in [0, 0.1) is 6.92 Å². The molecule has 1 amide bonds. The van der Waals surface area contributed by atoms with Crippen molar-refractivity contribution >= 4 is 51.4 Å². The number of halogens is 1. The Morgan fingerprint density at radius 2 is 2.00 bits per heavy atom. The molecule has 27 heavy (non-hydrogen) atoms. The molecule has 0 aliphatic heterocycles. The maximum atomic E-state index is 12.5. The number of nitrogen functional groups attached to an aromatic ring is 1. The summed E-state index contributed by atoms with van der Waals surface area (Å²) in [7, 11) is 1.48. The van der Waals surface area contributed by atoms with Gasteiger partial charge in [0.15, 0.2) is 4.34 Å². The number of anilines is 2. The quantitative estimate of drug-likeness (QED) is 0.343. The summed E-state index contributed by atoms with van der Waals surface area (Å²) in [5.41, 5.74) is 8.72. The number of ether oxygens (including phenoxy) is 1. The first-order valence-corrected chi connectivity index (χ1v) is 10.1. The highest BCUT2D eigenvalue weighted by Gasteiger charge is 2.19. The standard InChI is InChI=1S/C18H17ClN4O2S2/c1-10-3-5-11(6-4-10)9-26-18-23-22-17(27-18)21-16(24)14-12(19)7-8-13(25-2)15(14)20/h3-8H,9,20H2,1-2H3,(H,21,22,24). The topological polar surface area (TPSA) is 90.1 Å². The van der Waals surface area contributed by atoms with Crippen LogP contribution < -0.4 is 15.8 Å². The lowest BCUT2D eigenvalue weighted by molar-refractivity contribution is 0.102. The van der Waals surface area contributed by atoms with E-state index in [0.717, 1.165) is 10.1 Å². The molecule has 0 fully saturated rings. The van der Waals surface area contributed by atoms with Crippen LogP contribution in [-0.4, -0.2) is 23.2 Å². The Morgan fingerprint density at radius 3 is 2.70 bits per heavy atom. The monoisotopic (exact) mass is 420 g/mol. The number of aromatic nitrogens is 2. The van der Waals surface area contributed by atoms with E-state index in [1.807, 2.05) is 0 Å². The highest BCUT2D eigenvalue weighted by Crippen LogP contribution is 2.33. The summed E-state index contributed by atoms with van der Waals surface area (Å²) < 4.78 is 5.89. The molecule has 0 spiro atoms. The number of nitrogens with zero attached hydrogens (tertiary/aromatic N) is 2. The molecule has 3 rings (SSSR count). The summed E-state index contributed by atoms with van der Waals surface area (Å²) in [4.78, 5) is 12.5. The van der Waals surface area contributed by atoms with Gasteiger partial charge in [-0.15, -0.1) is 10.2 Å². The Hall–Kier alpha value is -2.29. The van der Waals surface area contributed by atoms with Gasteiger partial charge in [-0.25, -0.2) is 0 Å². The number of benzene rings is 2. The van der Waals surface area contributed by atoms with Crippen LogP contribution in [0.2, 0.25) is 5.02 Å². The van der Waals surface area contributed by atoms with Crippen molar-refractivity contribution in [2.45, 2.75) is 17.0 Å². The van der Waals surface area contributed by atoms with Crippen LogP contribution >= 0.6 is 34.7 Å². The van der Waals surface area contributed by atoms with E-state index in [2.05, 4.69) is 46.7 Å². The number of hydrogen-bond acceptors (Lipinski definition) is 7. The van der Waals surface area contributed by atoms with Crippen LogP contribution in [0.15, 0.2) is 40.7 Å². The third-order valence-electron chi connectivity index (χ3n) is 3.71. The van der Waals surface area contributed by atoms with E-state index < -0.39 is 5.91 Å². The van der Waals surface area contributed by atoms with E-state index in [9.17, 15) is 4.79 Å². The van der Waals surface area contributed by atoms with Crippen LogP contribution in [0.4, 0.5) is 10.8 Å². The Bertz CT molecular complexity index is 960. The van der Waals surface area contributed by atoms with Crippen molar-refractivity contribution in [2.24, 2.45) is 0 Å². The van der Waals surface area contributed by atoms with Crippen LogP contribution in [-0.2, 0) is 5.75 Å². The minimum atomic E-state index is -0.456. The predicted molar refractivity (Wildman–Crippen MR) is 111 cm³/mol. The fourth-order valence-corrected chi connectivity index (χ4v) is 4.24.